The van der Waals surface area contributed by atoms with Gasteiger partial charge in [0.05, 0.1) is 5.69 Å². The van der Waals surface area contributed by atoms with Crippen LogP contribution in [-0.4, -0.2) is 18.6 Å². The molecule has 0 unspecified atom stereocenters. The molecular weight excluding hydrogens is 300 g/mol. The van der Waals surface area contributed by atoms with Gasteiger partial charge in [0, 0.05) is 29.6 Å². The molecule has 1 N–H and O–H groups in total. The van der Waals surface area contributed by atoms with Gasteiger partial charge in [-0.3, -0.25) is 0 Å². The highest BCUT2D eigenvalue weighted by atomic mass is 79.9. The van der Waals surface area contributed by atoms with E-state index in [0.717, 1.165) is 18.6 Å². The van der Waals surface area contributed by atoms with Gasteiger partial charge in [-0.15, -0.1) is 0 Å². The minimum Gasteiger partial charge on any atom is -0.368 e. The number of benzene rings is 1. The van der Waals surface area contributed by atoms with Crippen molar-refractivity contribution in [3.8, 4) is 0 Å². The molecule has 0 amide bonds. The first kappa shape index (κ1) is 13.4. The van der Waals surface area contributed by atoms with Crippen LogP contribution in [0.15, 0.2) is 22.7 Å². The summed E-state index contributed by atoms with van der Waals surface area (Å²) in [7, 11) is 0. The van der Waals surface area contributed by atoms with Crippen LogP contribution in [0.5, 0.6) is 0 Å². The van der Waals surface area contributed by atoms with Crippen molar-refractivity contribution < 1.29 is 0 Å². The van der Waals surface area contributed by atoms with E-state index in [0.29, 0.717) is 0 Å². The Labute approximate surface area is 124 Å². The van der Waals surface area contributed by atoms with Crippen LogP contribution in [0, 0.1) is 0 Å². The number of rotatable bonds is 7. The lowest BCUT2D eigenvalue weighted by Crippen LogP contribution is -2.26. The van der Waals surface area contributed by atoms with E-state index >= 15 is 0 Å². The predicted octanol–water partition coefficient (Wildman–Crippen LogP) is 4.08. The van der Waals surface area contributed by atoms with Crippen molar-refractivity contribution in [1.82, 2.24) is 5.32 Å². The Morgan fingerprint density at radius 3 is 2.63 bits per heavy atom. The van der Waals surface area contributed by atoms with E-state index in [2.05, 4.69) is 51.3 Å². The van der Waals surface area contributed by atoms with E-state index in [4.69, 9.17) is 0 Å². The standard InChI is InChI=1S/C16H23BrN2/c1-2-9-19(14-6-7-14)16-8-3-12(10-15(16)17)11-18-13-4-5-13/h3,8,10,13-14,18H,2,4-7,9,11H2,1H3. The monoisotopic (exact) mass is 322 g/mol. The Bertz CT molecular complexity index is 438. The Balaban J connectivity index is 1.69. The average Bonchev–Trinajstić information content (AvgIpc) is 3.28. The third-order valence-electron chi connectivity index (χ3n) is 3.95. The maximum absolute atomic E-state index is 3.77. The second kappa shape index (κ2) is 5.84. The molecule has 0 aromatic heterocycles. The Morgan fingerprint density at radius 1 is 1.26 bits per heavy atom. The van der Waals surface area contributed by atoms with E-state index in [-0.39, 0.29) is 0 Å². The van der Waals surface area contributed by atoms with E-state index in [9.17, 15) is 0 Å². The lowest BCUT2D eigenvalue weighted by Gasteiger charge is -2.25. The van der Waals surface area contributed by atoms with Crippen molar-refractivity contribution in [2.24, 2.45) is 0 Å². The number of hydrogen-bond donors (Lipinski definition) is 1. The first-order valence-corrected chi connectivity index (χ1v) is 8.35. The lowest BCUT2D eigenvalue weighted by atomic mass is 10.2. The molecule has 0 aliphatic heterocycles. The molecule has 0 bridgehead atoms. The number of anilines is 1. The summed E-state index contributed by atoms with van der Waals surface area (Å²) in [4.78, 5) is 2.57. The summed E-state index contributed by atoms with van der Waals surface area (Å²) >= 11 is 3.77. The fourth-order valence-electron chi connectivity index (χ4n) is 2.57. The Kier molecular flexibility index (Phi) is 4.13. The molecule has 0 radical (unpaired) electrons. The molecular formula is C16H23BrN2. The number of hydrogen-bond acceptors (Lipinski definition) is 2. The van der Waals surface area contributed by atoms with Crippen molar-refractivity contribution in [3.05, 3.63) is 28.2 Å². The zero-order valence-electron chi connectivity index (χ0n) is 11.7. The van der Waals surface area contributed by atoms with Crippen LogP contribution in [0.1, 0.15) is 44.6 Å². The van der Waals surface area contributed by atoms with Gasteiger partial charge in [0.25, 0.3) is 0 Å². The first-order valence-electron chi connectivity index (χ1n) is 7.56. The second-order valence-corrected chi connectivity index (χ2v) is 6.72. The summed E-state index contributed by atoms with van der Waals surface area (Å²) in [6.45, 7) is 4.43. The van der Waals surface area contributed by atoms with Crippen LogP contribution in [0.25, 0.3) is 0 Å². The fraction of sp³-hybridized carbons (Fsp3) is 0.625. The van der Waals surface area contributed by atoms with Gasteiger partial charge in [0.2, 0.25) is 0 Å². The zero-order valence-corrected chi connectivity index (χ0v) is 13.2. The highest BCUT2D eigenvalue weighted by Crippen LogP contribution is 2.36. The summed E-state index contributed by atoms with van der Waals surface area (Å²) in [5.41, 5.74) is 2.76. The van der Waals surface area contributed by atoms with Gasteiger partial charge in [-0.1, -0.05) is 13.0 Å². The molecule has 3 heteroatoms. The molecule has 0 saturated heterocycles. The topological polar surface area (TPSA) is 15.3 Å². The minimum absolute atomic E-state index is 0.779. The van der Waals surface area contributed by atoms with Gasteiger partial charge in [-0.05, 0) is 65.7 Å². The normalized spacial score (nSPS) is 18.6. The third-order valence-corrected chi connectivity index (χ3v) is 4.58. The summed E-state index contributed by atoms with van der Waals surface area (Å²) in [5, 5.41) is 3.57. The second-order valence-electron chi connectivity index (χ2n) is 5.87. The first-order chi connectivity index (χ1) is 9.28. The number of halogens is 1. The van der Waals surface area contributed by atoms with Crippen molar-refractivity contribution >= 4 is 21.6 Å². The highest BCUT2D eigenvalue weighted by Gasteiger charge is 2.29. The van der Waals surface area contributed by atoms with Crippen LogP contribution in [-0.2, 0) is 6.54 Å². The van der Waals surface area contributed by atoms with Gasteiger partial charge in [0.1, 0.15) is 0 Å². The maximum Gasteiger partial charge on any atom is 0.0513 e. The molecule has 0 spiro atoms. The molecule has 2 aliphatic rings. The molecule has 1 aromatic rings. The van der Waals surface area contributed by atoms with Crippen molar-refractivity contribution in [2.75, 3.05) is 11.4 Å². The summed E-state index contributed by atoms with van der Waals surface area (Å²) in [5.74, 6) is 0. The average molecular weight is 323 g/mol. The van der Waals surface area contributed by atoms with E-state index in [1.54, 1.807) is 0 Å². The smallest absolute Gasteiger partial charge is 0.0513 e. The molecule has 3 rings (SSSR count). The molecule has 0 atom stereocenters. The van der Waals surface area contributed by atoms with Crippen LogP contribution in [0.4, 0.5) is 5.69 Å². The van der Waals surface area contributed by atoms with Gasteiger partial charge >= 0.3 is 0 Å². The minimum atomic E-state index is 0.779. The molecule has 2 saturated carbocycles. The third kappa shape index (κ3) is 3.51. The predicted molar refractivity (Wildman–Crippen MR) is 84.7 cm³/mol. The molecule has 2 nitrogen and oxygen atoms in total. The SMILES string of the molecule is CCCN(c1ccc(CNC2CC2)cc1Br)C1CC1. The zero-order chi connectivity index (χ0) is 13.2. The summed E-state index contributed by atoms with van der Waals surface area (Å²) in [6.07, 6.45) is 6.64. The molecule has 2 fully saturated rings. The molecule has 1 aromatic carbocycles. The number of nitrogens with one attached hydrogen (secondary N) is 1. The van der Waals surface area contributed by atoms with E-state index in [1.807, 2.05) is 0 Å². The van der Waals surface area contributed by atoms with Crippen molar-refractivity contribution in [2.45, 2.75) is 57.7 Å². The Morgan fingerprint density at radius 2 is 2.05 bits per heavy atom. The number of nitrogens with zero attached hydrogens (tertiary/aromatic N) is 1. The van der Waals surface area contributed by atoms with Gasteiger partial charge in [-0.25, -0.2) is 0 Å². The van der Waals surface area contributed by atoms with Crippen LogP contribution < -0.4 is 10.2 Å². The molecule has 2 aliphatic carbocycles. The fourth-order valence-corrected chi connectivity index (χ4v) is 3.22. The summed E-state index contributed by atoms with van der Waals surface area (Å²) in [6, 6.07) is 8.42. The highest BCUT2D eigenvalue weighted by molar-refractivity contribution is 9.10. The molecule has 104 valence electrons. The van der Waals surface area contributed by atoms with Crippen molar-refractivity contribution in [3.63, 3.8) is 0 Å². The van der Waals surface area contributed by atoms with Crippen molar-refractivity contribution in [1.29, 1.82) is 0 Å². The molecule has 19 heavy (non-hydrogen) atoms. The maximum atomic E-state index is 3.77. The molecule has 0 heterocycles. The lowest BCUT2D eigenvalue weighted by molar-refractivity contribution is 0.687. The summed E-state index contributed by atoms with van der Waals surface area (Å²) < 4.78 is 1.25. The quantitative estimate of drug-likeness (QED) is 0.813. The largest absolute Gasteiger partial charge is 0.368 e. The van der Waals surface area contributed by atoms with E-state index in [1.165, 1.54) is 54.4 Å². The Hall–Kier alpha value is -0.540. The van der Waals surface area contributed by atoms with Gasteiger partial charge in [0.15, 0.2) is 0 Å². The van der Waals surface area contributed by atoms with Crippen LogP contribution >= 0.6 is 15.9 Å². The van der Waals surface area contributed by atoms with Crippen LogP contribution in [0.2, 0.25) is 0 Å². The van der Waals surface area contributed by atoms with Gasteiger partial charge in [-0.2, -0.15) is 0 Å². The van der Waals surface area contributed by atoms with Crippen LogP contribution in [0.3, 0.4) is 0 Å². The van der Waals surface area contributed by atoms with E-state index < -0.39 is 0 Å². The van der Waals surface area contributed by atoms with Gasteiger partial charge < -0.3 is 10.2 Å².